The highest BCUT2D eigenvalue weighted by molar-refractivity contribution is 6.28. The van der Waals surface area contributed by atoms with Crippen molar-refractivity contribution in [1.29, 1.82) is 0 Å². The smallest absolute Gasteiger partial charge is 0.225 e. The molecule has 1 aromatic rings. The number of methoxy groups -OCH3 is 1. The molecule has 0 aliphatic rings. The number of hydrogen-bond donors (Lipinski definition) is 0. The predicted molar refractivity (Wildman–Crippen MR) is 63.0 cm³/mol. The first-order chi connectivity index (χ1) is 7.44. The molecule has 5 heteroatoms. The Kier molecular flexibility index (Phi) is 4.50. The maximum atomic E-state index is 5.69. The van der Waals surface area contributed by atoms with Gasteiger partial charge in [0.05, 0.1) is 12.2 Å². The lowest BCUT2D eigenvalue weighted by atomic mass is 10.1. The van der Waals surface area contributed by atoms with Crippen molar-refractivity contribution in [2.45, 2.75) is 32.8 Å². The number of ether oxygens (including phenoxy) is 2. The zero-order chi connectivity index (χ0) is 12.2. The Morgan fingerprint density at radius 2 is 2.12 bits per heavy atom. The number of hydrogen-bond acceptors (Lipinski definition) is 4. The minimum Gasteiger partial charge on any atom is -0.477 e. The van der Waals surface area contributed by atoms with Crippen LogP contribution in [0.15, 0.2) is 6.20 Å². The first-order valence-electron chi connectivity index (χ1n) is 5.12. The van der Waals surface area contributed by atoms with E-state index in [1.54, 1.807) is 13.3 Å². The van der Waals surface area contributed by atoms with E-state index in [1.165, 1.54) is 0 Å². The number of aromatic nitrogens is 2. The molecule has 1 aromatic heterocycles. The number of halogens is 1. The molecule has 0 spiro atoms. The summed E-state index contributed by atoms with van der Waals surface area (Å²) in [5, 5.41) is 0.201. The van der Waals surface area contributed by atoms with E-state index < -0.39 is 0 Å². The van der Waals surface area contributed by atoms with Crippen molar-refractivity contribution in [3.8, 4) is 5.88 Å². The first-order valence-corrected chi connectivity index (χ1v) is 5.49. The second kappa shape index (κ2) is 5.46. The van der Waals surface area contributed by atoms with Crippen LogP contribution in [-0.2, 0) is 4.74 Å². The van der Waals surface area contributed by atoms with Crippen molar-refractivity contribution in [2.24, 2.45) is 0 Å². The molecule has 0 amide bonds. The molecule has 0 bridgehead atoms. The van der Waals surface area contributed by atoms with Gasteiger partial charge in [0.25, 0.3) is 0 Å². The zero-order valence-corrected chi connectivity index (χ0v) is 10.8. The molecule has 0 aliphatic heterocycles. The summed E-state index contributed by atoms with van der Waals surface area (Å²) < 4.78 is 10.8. The molecule has 0 fully saturated rings. The fourth-order valence-corrected chi connectivity index (χ4v) is 1.17. The number of aryl methyl sites for hydroxylation is 1. The van der Waals surface area contributed by atoms with E-state index in [-0.39, 0.29) is 10.9 Å². The highest BCUT2D eigenvalue weighted by Crippen LogP contribution is 2.18. The van der Waals surface area contributed by atoms with Gasteiger partial charge in [0, 0.05) is 25.3 Å². The van der Waals surface area contributed by atoms with Crippen LogP contribution >= 0.6 is 11.6 Å². The average molecular weight is 245 g/mol. The molecule has 0 atom stereocenters. The van der Waals surface area contributed by atoms with Crippen molar-refractivity contribution >= 4 is 11.6 Å². The van der Waals surface area contributed by atoms with Gasteiger partial charge >= 0.3 is 0 Å². The highest BCUT2D eigenvalue weighted by atomic mass is 35.5. The fraction of sp³-hybridized carbons (Fsp3) is 0.636. The van der Waals surface area contributed by atoms with Crippen molar-refractivity contribution in [3.63, 3.8) is 0 Å². The molecule has 0 aromatic carbocycles. The van der Waals surface area contributed by atoms with Crippen LogP contribution in [0.1, 0.15) is 25.8 Å². The molecule has 0 saturated carbocycles. The zero-order valence-electron chi connectivity index (χ0n) is 10.1. The lowest BCUT2D eigenvalue weighted by Gasteiger charge is -2.22. The molecule has 16 heavy (non-hydrogen) atoms. The van der Waals surface area contributed by atoms with Gasteiger partial charge < -0.3 is 9.47 Å². The normalized spacial score (nSPS) is 11.6. The molecular weight excluding hydrogens is 228 g/mol. The maximum Gasteiger partial charge on any atom is 0.225 e. The Bertz CT molecular complexity index is 356. The predicted octanol–water partition coefficient (Wildman–Crippen LogP) is 2.63. The highest BCUT2D eigenvalue weighted by Gasteiger charge is 2.16. The van der Waals surface area contributed by atoms with E-state index in [9.17, 15) is 0 Å². The van der Waals surface area contributed by atoms with Crippen LogP contribution in [0, 0.1) is 6.92 Å². The fourth-order valence-electron chi connectivity index (χ4n) is 1.05. The molecule has 1 rings (SSSR count). The third kappa shape index (κ3) is 3.94. The van der Waals surface area contributed by atoms with Crippen LogP contribution < -0.4 is 4.74 Å². The molecule has 0 unspecified atom stereocenters. The Labute approximate surface area is 101 Å². The summed E-state index contributed by atoms with van der Waals surface area (Å²) in [6, 6.07) is 0. The third-order valence-corrected chi connectivity index (χ3v) is 2.57. The van der Waals surface area contributed by atoms with E-state index in [0.29, 0.717) is 12.5 Å². The van der Waals surface area contributed by atoms with Gasteiger partial charge in [-0.05, 0) is 32.4 Å². The summed E-state index contributed by atoms with van der Waals surface area (Å²) in [6.45, 7) is 6.44. The molecule has 0 saturated heterocycles. The molecule has 90 valence electrons. The Morgan fingerprint density at radius 1 is 1.44 bits per heavy atom. The first kappa shape index (κ1) is 13.2. The number of nitrogens with zero attached hydrogens (tertiary/aromatic N) is 2. The van der Waals surface area contributed by atoms with E-state index in [1.807, 2.05) is 20.8 Å². The Hall–Kier alpha value is -0.870. The largest absolute Gasteiger partial charge is 0.477 e. The van der Waals surface area contributed by atoms with Crippen LogP contribution in [-0.4, -0.2) is 29.3 Å². The quantitative estimate of drug-likeness (QED) is 0.747. The van der Waals surface area contributed by atoms with Gasteiger partial charge in [-0.25, -0.2) is 4.98 Å². The molecule has 0 aliphatic carbocycles. The van der Waals surface area contributed by atoms with Gasteiger partial charge in [0.15, 0.2) is 0 Å². The van der Waals surface area contributed by atoms with E-state index in [4.69, 9.17) is 21.1 Å². The average Bonchev–Trinajstić information content (AvgIpc) is 2.23. The van der Waals surface area contributed by atoms with Crippen molar-refractivity contribution < 1.29 is 9.47 Å². The molecule has 0 N–H and O–H groups in total. The summed E-state index contributed by atoms with van der Waals surface area (Å²) in [6.07, 6.45) is 2.43. The standard InChI is InChI=1S/C11H17ClN2O2/c1-8-7-13-10(12)14-9(8)16-6-5-11(2,3)15-4/h7H,5-6H2,1-4H3. The molecular formula is C11H17ClN2O2. The van der Waals surface area contributed by atoms with Gasteiger partial charge in [0.2, 0.25) is 11.2 Å². The van der Waals surface area contributed by atoms with Crippen molar-refractivity contribution in [1.82, 2.24) is 9.97 Å². The maximum absolute atomic E-state index is 5.69. The Balaban J connectivity index is 2.52. The summed E-state index contributed by atoms with van der Waals surface area (Å²) in [7, 11) is 1.69. The van der Waals surface area contributed by atoms with E-state index >= 15 is 0 Å². The van der Waals surface area contributed by atoms with Crippen molar-refractivity contribution in [3.05, 3.63) is 17.0 Å². The van der Waals surface area contributed by atoms with E-state index in [0.717, 1.165) is 12.0 Å². The lowest BCUT2D eigenvalue weighted by Crippen LogP contribution is -2.25. The van der Waals surface area contributed by atoms with Gasteiger partial charge in [-0.15, -0.1) is 0 Å². The Morgan fingerprint density at radius 3 is 2.75 bits per heavy atom. The lowest BCUT2D eigenvalue weighted by molar-refractivity contribution is 0.00501. The second-order valence-electron chi connectivity index (χ2n) is 4.19. The van der Waals surface area contributed by atoms with E-state index in [2.05, 4.69) is 9.97 Å². The monoisotopic (exact) mass is 244 g/mol. The SMILES string of the molecule is COC(C)(C)CCOc1nc(Cl)ncc1C. The second-order valence-corrected chi connectivity index (χ2v) is 4.53. The van der Waals surface area contributed by atoms with Crippen LogP contribution in [0.5, 0.6) is 5.88 Å². The van der Waals surface area contributed by atoms with Crippen LogP contribution in [0.2, 0.25) is 5.28 Å². The minimum atomic E-state index is -0.190. The van der Waals surface area contributed by atoms with Gasteiger partial charge in [-0.1, -0.05) is 0 Å². The topological polar surface area (TPSA) is 44.2 Å². The third-order valence-electron chi connectivity index (χ3n) is 2.39. The van der Waals surface area contributed by atoms with Crippen LogP contribution in [0.25, 0.3) is 0 Å². The minimum absolute atomic E-state index is 0.190. The van der Waals surface area contributed by atoms with Gasteiger partial charge in [-0.3, -0.25) is 0 Å². The summed E-state index contributed by atoms with van der Waals surface area (Å²) in [5.41, 5.74) is 0.685. The van der Waals surface area contributed by atoms with Gasteiger partial charge in [0.1, 0.15) is 0 Å². The van der Waals surface area contributed by atoms with Gasteiger partial charge in [-0.2, -0.15) is 4.98 Å². The molecule has 0 radical (unpaired) electrons. The summed E-state index contributed by atoms with van der Waals surface area (Å²) in [5.74, 6) is 0.534. The van der Waals surface area contributed by atoms with Crippen molar-refractivity contribution in [2.75, 3.05) is 13.7 Å². The molecule has 1 heterocycles. The summed E-state index contributed by atoms with van der Waals surface area (Å²) in [4.78, 5) is 7.87. The number of rotatable bonds is 5. The van der Waals surface area contributed by atoms with Crippen LogP contribution in [0.3, 0.4) is 0 Å². The summed E-state index contributed by atoms with van der Waals surface area (Å²) >= 11 is 5.69. The van der Waals surface area contributed by atoms with Crippen LogP contribution in [0.4, 0.5) is 0 Å². The molecule has 4 nitrogen and oxygen atoms in total.